The first-order valence-corrected chi connectivity index (χ1v) is 5.98. The van der Waals surface area contributed by atoms with Gasteiger partial charge in [-0.25, -0.2) is 9.97 Å². The molecule has 0 unspecified atom stereocenters. The standard InChI is InChI=1S/C14H14N4O/c1-15-12-7-11(10-5-6-16-14(10)18-12)9-3-4-13(19-2)17-8-9/h3-8H,1-2H3,(H2,15,16,18). The van der Waals surface area contributed by atoms with Gasteiger partial charge in [-0.1, -0.05) is 0 Å². The maximum Gasteiger partial charge on any atom is 0.212 e. The van der Waals surface area contributed by atoms with Crippen molar-refractivity contribution in [3.8, 4) is 17.0 Å². The molecule has 0 amide bonds. The summed E-state index contributed by atoms with van der Waals surface area (Å²) in [4.78, 5) is 11.8. The second kappa shape index (κ2) is 4.61. The molecule has 0 aromatic carbocycles. The van der Waals surface area contributed by atoms with Crippen LogP contribution < -0.4 is 10.1 Å². The molecule has 5 heteroatoms. The molecule has 0 saturated heterocycles. The Bertz CT molecular complexity index is 703. The molecule has 3 aromatic rings. The average molecular weight is 254 g/mol. The van der Waals surface area contributed by atoms with Gasteiger partial charge >= 0.3 is 0 Å². The molecular formula is C14H14N4O. The second-order valence-corrected chi connectivity index (χ2v) is 4.13. The molecule has 0 radical (unpaired) electrons. The van der Waals surface area contributed by atoms with Crippen molar-refractivity contribution in [1.82, 2.24) is 15.0 Å². The molecule has 0 bridgehead atoms. The van der Waals surface area contributed by atoms with E-state index in [9.17, 15) is 0 Å². The molecule has 0 fully saturated rings. The van der Waals surface area contributed by atoms with Crippen molar-refractivity contribution in [2.24, 2.45) is 0 Å². The van der Waals surface area contributed by atoms with Crippen LogP contribution in [0.15, 0.2) is 36.7 Å². The van der Waals surface area contributed by atoms with E-state index in [-0.39, 0.29) is 0 Å². The lowest BCUT2D eigenvalue weighted by molar-refractivity contribution is 0.398. The zero-order valence-corrected chi connectivity index (χ0v) is 10.8. The maximum atomic E-state index is 5.08. The minimum Gasteiger partial charge on any atom is -0.481 e. The van der Waals surface area contributed by atoms with Crippen molar-refractivity contribution in [2.45, 2.75) is 0 Å². The summed E-state index contributed by atoms with van der Waals surface area (Å²) in [6.07, 6.45) is 3.69. The fourth-order valence-corrected chi connectivity index (χ4v) is 2.06. The number of nitrogens with zero attached hydrogens (tertiary/aromatic N) is 2. The molecule has 0 saturated carbocycles. The number of pyridine rings is 2. The van der Waals surface area contributed by atoms with Crippen LogP contribution >= 0.6 is 0 Å². The summed E-state index contributed by atoms with van der Waals surface area (Å²) < 4.78 is 5.08. The molecule has 0 aliphatic rings. The number of H-pyrrole nitrogens is 1. The van der Waals surface area contributed by atoms with Gasteiger partial charge in [-0.2, -0.15) is 0 Å². The average Bonchev–Trinajstić information content (AvgIpc) is 2.94. The fourth-order valence-electron chi connectivity index (χ4n) is 2.06. The van der Waals surface area contributed by atoms with Gasteiger partial charge in [0.2, 0.25) is 5.88 Å². The minimum atomic E-state index is 0.608. The van der Waals surface area contributed by atoms with Crippen molar-refractivity contribution in [3.63, 3.8) is 0 Å². The van der Waals surface area contributed by atoms with Gasteiger partial charge in [0.15, 0.2) is 0 Å². The van der Waals surface area contributed by atoms with Crippen LogP contribution in [0.25, 0.3) is 22.2 Å². The van der Waals surface area contributed by atoms with Gasteiger partial charge in [-0.3, -0.25) is 0 Å². The van der Waals surface area contributed by atoms with Crippen molar-refractivity contribution >= 4 is 16.9 Å². The van der Waals surface area contributed by atoms with Crippen LogP contribution in [0.3, 0.4) is 0 Å². The lowest BCUT2D eigenvalue weighted by atomic mass is 10.1. The lowest BCUT2D eigenvalue weighted by Crippen LogP contribution is -1.94. The van der Waals surface area contributed by atoms with Crippen LogP contribution in [-0.4, -0.2) is 29.1 Å². The summed E-state index contributed by atoms with van der Waals surface area (Å²) in [6.45, 7) is 0. The molecule has 3 heterocycles. The molecule has 0 aliphatic heterocycles. The maximum absolute atomic E-state index is 5.08. The van der Waals surface area contributed by atoms with E-state index < -0.39 is 0 Å². The Labute approximate surface area is 110 Å². The van der Waals surface area contributed by atoms with Gasteiger partial charge in [-0.15, -0.1) is 0 Å². The summed E-state index contributed by atoms with van der Waals surface area (Å²) >= 11 is 0. The number of hydrogen-bond donors (Lipinski definition) is 2. The predicted octanol–water partition coefficient (Wildman–Crippen LogP) is 2.68. The smallest absolute Gasteiger partial charge is 0.212 e. The Hall–Kier alpha value is -2.56. The molecule has 2 N–H and O–H groups in total. The van der Waals surface area contributed by atoms with Crippen LogP contribution in [0.2, 0.25) is 0 Å². The third-order valence-electron chi connectivity index (χ3n) is 3.04. The third-order valence-corrected chi connectivity index (χ3v) is 3.04. The third kappa shape index (κ3) is 1.99. The van der Waals surface area contributed by atoms with E-state index in [4.69, 9.17) is 4.74 Å². The Morgan fingerprint density at radius 3 is 2.84 bits per heavy atom. The van der Waals surface area contributed by atoms with Gasteiger partial charge in [0.25, 0.3) is 0 Å². The van der Waals surface area contributed by atoms with Crippen molar-refractivity contribution in [3.05, 3.63) is 36.7 Å². The van der Waals surface area contributed by atoms with Crippen molar-refractivity contribution in [1.29, 1.82) is 0 Å². The number of aromatic nitrogens is 3. The van der Waals surface area contributed by atoms with Gasteiger partial charge in [0, 0.05) is 36.5 Å². The number of nitrogens with one attached hydrogen (secondary N) is 2. The number of anilines is 1. The Balaban J connectivity index is 2.18. The van der Waals surface area contributed by atoms with Crippen molar-refractivity contribution in [2.75, 3.05) is 19.5 Å². The van der Waals surface area contributed by atoms with E-state index in [1.54, 1.807) is 13.3 Å². The predicted molar refractivity (Wildman–Crippen MR) is 75.4 cm³/mol. The molecular weight excluding hydrogens is 240 g/mol. The molecule has 19 heavy (non-hydrogen) atoms. The lowest BCUT2D eigenvalue weighted by Gasteiger charge is -2.07. The highest BCUT2D eigenvalue weighted by Gasteiger charge is 2.08. The summed E-state index contributed by atoms with van der Waals surface area (Å²) in [6, 6.07) is 7.88. The highest BCUT2D eigenvalue weighted by Crippen LogP contribution is 2.29. The highest BCUT2D eigenvalue weighted by atomic mass is 16.5. The summed E-state index contributed by atoms with van der Waals surface area (Å²) in [5, 5.41) is 4.14. The van der Waals surface area contributed by atoms with E-state index in [0.29, 0.717) is 5.88 Å². The number of rotatable bonds is 3. The van der Waals surface area contributed by atoms with Gasteiger partial charge < -0.3 is 15.0 Å². The molecule has 3 rings (SSSR count). The highest BCUT2D eigenvalue weighted by molar-refractivity contribution is 5.94. The largest absolute Gasteiger partial charge is 0.481 e. The molecule has 0 spiro atoms. The Kier molecular flexibility index (Phi) is 2.79. The van der Waals surface area contributed by atoms with E-state index in [0.717, 1.165) is 28.0 Å². The SMILES string of the molecule is CNc1cc(-c2ccc(OC)nc2)c2cc[nH]c2n1. The molecule has 0 aliphatic carbocycles. The quantitative estimate of drug-likeness (QED) is 0.754. The van der Waals surface area contributed by atoms with Crippen LogP contribution in [0, 0.1) is 0 Å². The Morgan fingerprint density at radius 2 is 2.16 bits per heavy atom. The van der Waals surface area contributed by atoms with E-state index in [2.05, 4.69) is 20.3 Å². The summed E-state index contributed by atoms with van der Waals surface area (Å²) in [7, 11) is 3.46. The topological polar surface area (TPSA) is 62.8 Å². The molecule has 96 valence electrons. The minimum absolute atomic E-state index is 0.608. The van der Waals surface area contributed by atoms with E-state index in [1.807, 2.05) is 37.5 Å². The number of aromatic amines is 1. The first-order valence-electron chi connectivity index (χ1n) is 5.98. The normalized spacial score (nSPS) is 10.6. The second-order valence-electron chi connectivity index (χ2n) is 4.13. The number of hydrogen-bond acceptors (Lipinski definition) is 4. The van der Waals surface area contributed by atoms with E-state index >= 15 is 0 Å². The van der Waals surface area contributed by atoms with Crippen LogP contribution in [0.1, 0.15) is 0 Å². The molecule has 0 atom stereocenters. The van der Waals surface area contributed by atoms with Gasteiger partial charge in [0.05, 0.1) is 7.11 Å². The van der Waals surface area contributed by atoms with Crippen LogP contribution in [0.5, 0.6) is 5.88 Å². The molecule has 3 aromatic heterocycles. The number of fused-ring (bicyclic) bond motifs is 1. The van der Waals surface area contributed by atoms with Crippen LogP contribution in [-0.2, 0) is 0 Å². The first kappa shape index (κ1) is 11.5. The summed E-state index contributed by atoms with van der Waals surface area (Å²) in [5.74, 6) is 1.43. The summed E-state index contributed by atoms with van der Waals surface area (Å²) in [5.41, 5.74) is 2.98. The zero-order valence-electron chi connectivity index (χ0n) is 10.8. The van der Waals surface area contributed by atoms with Crippen molar-refractivity contribution < 1.29 is 4.74 Å². The van der Waals surface area contributed by atoms with Gasteiger partial charge in [-0.05, 0) is 23.8 Å². The number of methoxy groups -OCH3 is 1. The fraction of sp³-hybridized carbons (Fsp3) is 0.143. The van der Waals surface area contributed by atoms with Crippen LogP contribution in [0.4, 0.5) is 5.82 Å². The zero-order chi connectivity index (χ0) is 13.2. The Morgan fingerprint density at radius 1 is 1.26 bits per heavy atom. The van der Waals surface area contributed by atoms with E-state index in [1.165, 1.54) is 0 Å². The molecule has 5 nitrogen and oxygen atoms in total. The first-order chi connectivity index (χ1) is 9.31. The number of ether oxygens (including phenoxy) is 1. The van der Waals surface area contributed by atoms with Gasteiger partial charge in [0.1, 0.15) is 11.5 Å². The monoisotopic (exact) mass is 254 g/mol.